The van der Waals surface area contributed by atoms with Crippen LogP contribution in [0.15, 0.2) is 24.3 Å². The van der Waals surface area contributed by atoms with E-state index in [-0.39, 0.29) is 6.61 Å². The van der Waals surface area contributed by atoms with E-state index in [0.29, 0.717) is 12.6 Å². The number of benzene rings is 1. The SMILES string of the molecule is CCCNC(CC)c1ccccc1N(CCC)CCO. The Morgan fingerprint density at radius 1 is 1.10 bits per heavy atom. The van der Waals surface area contributed by atoms with E-state index in [0.717, 1.165) is 32.4 Å². The maximum atomic E-state index is 9.30. The number of hydrogen-bond donors (Lipinski definition) is 2. The van der Waals surface area contributed by atoms with Crippen molar-refractivity contribution in [2.75, 3.05) is 31.1 Å². The summed E-state index contributed by atoms with van der Waals surface area (Å²) in [6.07, 6.45) is 3.32. The van der Waals surface area contributed by atoms with Gasteiger partial charge in [0.05, 0.1) is 6.61 Å². The van der Waals surface area contributed by atoms with Gasteiger partial charge in [-0.25, -0.2) is 0 Å². The first-order valence-electron chi connectivity index (χ1n) is 7.96. The van der Waals surface area contributed by atoms with Gasteiger partial charge in [-0.05, 0) is 37.4 Å². The third kappa shape index (κ3) is 4.80. The minimum Gasteiger partial charge on any atom is -0.395 e. The highest BCUT2D eigenvalue weighted by Gasteiger charge is 2.16. The van der Waals surface area contributed by atoms with Crippen molar-refractivity contribution >= 4 is 5.69 Å². The highest BCUT2D eigenvalue weighted by Crippen LogP contribution is 2.28. The van der Waals surface area contributed by atoms with Crippen molar-refractivity contribution in [3.63, 3.8) is 0 Å². The van der Waals surface area contributed by atoms with E-state index >= 15 is 0 Å². The quantitative estimate of drug-likeness (QED) is 0.689. The van der Waals surface area contributed by atoms with Gasteiger partial charge in [0.2, 0.25) is 0 Å². The van der Waals surface area contributed by atoms with Crippen LogP contribution in [0.2, 0.25) is 0 Å². The van der Waals surface area contributed by atoms with E-state index in [9.17, 15) is 5.11 Å². The van der Waals surface area contributed by atoms with Crippen LogP contribution in [-0.2, 0) is 0 Å². The lowest BCUT2D eigenvalue weighted by Crippen LogP contribution is -2.30. The van der Waals surface area contributed by atoms with Gasteiger partial charge in [0.1, 0.15) is 0 Å². The molecule has 3 nitrogen and oxygen atoms in total. The average molecular weight is 278 g/mol. The molecule has 0 aliphatic heterocycles. The van der Waals surface area contributed by atoms with E-state index in [2.05, 4.69) is 55.3 Å². The predicted octanol–water partition coefficient (Wildman–Crippen LogP) is 3.35. The zero-order valence-corrected chi connectivity index (χ0v) is 13.2. The Morgan fingerprint density at radius 2 is 1.85 bits per heavy atom. The molecule has 0 fully saturated rings. The van der Waals surface area contributed by atoms with Gasteiger partial charge >= 0.3 is 0 Å². The Balaban J connectivity index is 2.99. The summed E-state index contributed by atoms with van der Waals surface area (Å²) >= 11 is 0. The number of nitrogens with zero attached hydrogens (tertiary/aromatic N) is 1. The molecule has 0 saturated carbocycles. The molecule has 0 radical (unpaired) electrons. The standard InChI is InChI=1S/C17H30N2O/c1-4-11-18-16(6-3)15-9-7-8-10-17(15)19(12-5-2)13-14-20/h7-10,16,18,20H,4-6,11-14H2,1-3H3. The van der Waals surface area contributed by atoms with Crippen molar-refractivity contribution in [2.45, 2.75) is 46.1 Å². The smallest absolute Gasteiger partial charge is 0.0606 e. The first-order valence-corrected chi connectivity index (χ1v) is 7.96. The van der Waals surface area contributed by atoms with Gasteiger partial charge in [0, 0.05) is 24.8 Å². The van der Waals surface area contributed by atoms with Crippen LogP contribution in [0, 0.1) is 0 Å². The molecular formula is C17H30N2O. The van der Waals surface area contributed by atoms with Crippen molar-refractivity contribution in [1.82, 2.24) is 5.32 Å². The maximum Gasteiger partial charge on any atom is 0.0606 e. The summed E-state index contributed by atoms with van der Waals surface area (Å²) in [6, 6.07) is 8.98. The highest BCUT2D eigenvalue weighted by atomic mass is 16.3. The van der Waals surface area contributed by atoms with E-state index in [1.54, 1.807) is 0 Å². The van der Waals surface area contributed by atoms with Crippen LogP contribution in [0.25, 0.3) is 0 Å². The number of para-hydroxylation sites is 1. The normalized spacial score (nSPS) is 12.4. The molecule has 0 aliphatic carbocycles. The summed E-state index contributed by atoms with van der Waals surface area (Å²) in [5, 5.41) is 12.9. The van der Waals surface area contributed by atoms with Gasteiger partial charge in [-0.3, -0.25) is 0 Å². The number of aliphatic hydroxyl groups is 1. The van der Waals surface area contributed by atoms with Crippen LogP contribution >= 0.6 is 0 Å². The fourth-order valence-corrected chi connectivity index (χ4v) is 2.61. The molecule has 1 rings (SSSR count). The fourth-order valence-electron chi connectivity index (χ4n) is 2.61. The Morgan fingerprint density at radius 3 is 2.45 bits per heavy atom. The van der Waals surface area contributed by atoms with Crippen LogP contribution in [0.4, 0.5) is 5.69 Å². The highest BCUT2D eigenvalue weighted by molar-refractivity contribution is 5.55. The van der Waals surface area contributed by atoms with Gasteiger partial charge in [0.15, 0.2) is 0 Å². The molecule has 0 bridgehead atoms. The van der Waals surface area contributed by atoms with Crippen molar-refractivity contribution in [2.24, 2.45) is 0 Å². The molecule has 0 amide bonds. The summed E-state index contributed by atoms with van der Waals surface area (Å²) < 4.78 is 0. The lowest BCUT2D eigenvalue weighted by molar-refractivity contribution is 0.301. The molecule has 0 saturated heterocycles. The lowest BCUT2D eigenvalue weighted by Gasteiger charge is -2.29. The van der Waals surface area contributed by atoms with Crippen molar-refractivity contribution < 1.29 is 5.11 Å². The molecule has 0 spiro atoms. The van der Waals surface area contributed by atoms with Gasteiger partial charge in [0.25, 0.3) is 0 Å². The topological polar surface area (TPSA) is 35.5 Å². The Hall–Kier alpha value is -1.06. The minimum absolute atomic E-state index is 0.202. The van der Waals surface area contributed by atoms with Crippen molar-refractivity contribution in [3.05, 3.63) is 29.8 Å². The number of aliphatic hydroxyl groups excluding tert-OH is 1. The molecule has 0 heterocycles. The maximum absolute atomic E-state index is 9.30. The minimum atomic E-state index is 0.202. The molecule has 20 heavy (non-hydrogen) atoms. The zero-order chi connectivity index (χ0) is 14.8. The summed E-state index contributed by atoms with van der Waals surface area (Å²) in [5.74, 6) is 0. The number of rotatable bonds is 10. The predicted molar refractivity (Wildman–Crippen MR) is 87.4 cm³/mol. The van der Waals surface area contributed by atoms with Crippen molar-refractivity contribution in [1.29, 1.82) is 0 Å². The molecule has 2 N–H and O–H groups in total. The molecule has 1 unspecified atom stereocenters. The summed E-state index contributed by atoms with van der Waals surface area (Å²) in [7, 11) is 0. The first-order chi connectivity index (χ1) is 9.78. The summed E-state index contributed by atoms with van der Waals surface area (Å²) in [4.78, 5) is 2.30. The van der Waals surface area contributed by atoms with E-state index in [4.69, 9.17) is 0 Å². The van der Waals surface area contributed by atoms with Crippen LogP contribution < -0.4 is 10.2 Å². The summed E-state index contributed by atoms with van der Waals surface area (Å²) in [5.41, 5.74) is 2.62. The van der Waals surface area contributed by atoms with E-state index in [1.807, 2.05) is 0 Å². The van der Waals surface area contributed by atoms with E-state index in [1.165, 1.54) is 11.3 Å². The molecule has 1 aromatic rings. The third-order valence-corrected chi connectivity index (χ3v) is 3.57. The molecule has 114 valence electrons. The van der Waals surface area contributed by atoms with Gasteiger partial charge in [-0.15, -0.1) is 0 Å². The van der Waals surface area contributed by atoms with Crippen LogP contribution in [0.3, 0.4) is 0 Å². The second-order valence-electron chi connectivity index (χ2n) is 5.18. The zero-order valence-electron chi connectivity index (χ0n) is 13.2. The lowest BCUT2D eigenvalue weighted by atomic mass is 10.0. The van der Waals surface area contributed by atoms with Gasteiger partial charge in [-0.1, -0.05) is 39.0 Å². The van der Waals surface area contributed by atoms with Crippen LogP contribution in [0.1, 0.15) is 51.6 Å². The number of anilines is 1. The van der Waals surface area contributed by atoms with Gasteiger partial charge in [-0.2, -0.15) is 0 Å². The third-order valence-electron chi connectivity index (χ3n) is 3.57. The fraction of sp³-hybridized carbons (Fsp3) is 0.647. The number of hydrogen-bond acceptors (Lipinski definition) is 3. The largest absolute Gasteiger partial charge is 0.395 e. The molecule has 1 atom stereocenters. The Kier molecular flexibility index (Phi) is 8.31. The Labute approximate surface area is 124 Å². The van der Waals surface area contributed by atoms with Crippen LogP contribution in [0.5, 0.6) is 0 Å². The molecule has 0 aromatic heterocycles. The second-order valence-corrected chi connectivity index (χ2v) is 5.18. The van der Waals surface area contributed by atoms with E-state index < -0.39 is 0 Å². The Bertz CT molecular complexity index is 362. The molecular weight excluding hydrogens is 248 g/mol. The molecule has 1 aromatic carbocycles. The second kappa shape index (κ2) is 9.78. The molecule has 0 aliphatic rings. The number of nitrogens with one attached hydrogen (secondary N) is 1. The monoisotopic (exact) mass is 278 g/mol. The van der Waals surface area contributed by atoms with Crippen LogP contribution in [-0.4, -0.2) is 31.3 Å². The summed E-state index contributed by atoms with van der Waals surface area (Å²) in [6.45, 7) is 9.53. The van der Waals surface area contributed by atoms with Crippen molar-refractivity contribution in [3.8, 4) is 0 Å². The average Bonchev–Trinajstić information content (AvgIpc) is 2.48. The molecule has 3 heteroatoms. The first kappa shape index (κ1) is 17.0. The van der Waals surface area contributed by atoms with Gasteiger partial charge < -0.3 is 15.3 Å².